The van der Waals surface area contributed by atoms with Crippen LogP contribution in [0.1, 0.15) is 17.0 Å². The lowest BCUT2D eigenvalue weighted by atomic mass is 9.97. The van der Waals surface area contributed by atoms with Gasteiger partial charge in [-0.25, -0.2) is 9.97 Å². The lowest BCUT2D eigenvalue weighted by molar-refractivity contribution is -0.137. The molecule has 138 valence electrons. The summed E-state index contributed by atoms with van der Waals surface area (Å²) in [7, 11) is 7.26. The second-order valence-corrected chi connectivity index (χ2v) is 6.14. The average Bonchev–Trinajstić information content (AvgIpc) is 2.57. The Morgan fingerprint density at radius 3 is 2.59 bits per heavy atom. The minimum Gasteiger partial charge on any atom is -0.399 e. The highest BCUT2D eigenvalue weighted by Gasteiger charge is 2.31. The molecule has 27 heavy (non-hydrogen) atoms. The molecule has 0 saturated heterocycles. The Labute approximate surface area is 153 Å². The van der Waals surface area contributed by atoms with Crippen LogP contribution in [0, 0.1) is 6.92 Å². The van der Waals surface area contributed by atoms with Crippen molar-refractivity contribution in [3.05, 3.63) is 51.6 Å². The summed E-state index contributed by atoms with van der Waals surface area (Å²) in [5, 5.41) is 3.47. The quantitative estimate of drug-likeness (QED) is 0.539. The van der Waals surface area contributed by atoms with Gasteiger partial charge in [0.25, 0.3) is 0 Å². The van der Waals surface area contributed by atoms with Crippen molar-refractivity contribution in [1.82, 2.24) is 14.5 Å². The van der Waals surface area contributed by atoms with Crippen LogP contribution >= 0.6 is 0 Å². The van der Waals surface area contributed by atoms with Gasteiger partial charge in [-0.3, -0.25) is 9.36 Å². The summed E-state index contributed by atoms with van der Waals surface area (Å²) >= 11 is 0. The first-order valence-corrected chi connectivity index (χ1v) is 7.90. The van der Waals surface area contributed by atoms with E-state index in [2.05, 4.69) is 15.3 Å². The van der Waals surface area contributed by atoms with E-state index in [1.165, 1.54) is 23.7 Å². The molecule has 0 aliphatic rings. The molecule has 10 heteroatoms. The van der Waals surface area contributed by atoms with Crippen LogP contribution in [0.2, 0.25) is 0 Å². The van der Waals surface area contributed by atoms with Crippen molar-refractivity contribution < 1.29 is 13.2 Å². The molecule has 6 nitrogen and oxygen atoms in total. The van der Waals surface area contributed by atoms with Gasteiger partial charge in [-0.05, 0) is 42.2 Å². The molecule has 0 aliphatic carbocycles. The van der Waals surface area contributed by atoms with Crippen molar-refractivity contribution in [2.45, 2.75) is 19.6 Å². The van der Waals surface area contributed by atoms with Gasteiger partial charge >= 0.3 is 6.18 Å². The highest BCUT2D eigenvalue weighted by molar-refractivity contribution is 6.32. The Morgan fingerprint density at radius 1 is 1.22 bits per heavy atom. The number of nitrogens with two attached hydrogens (primary N) is 1. The molecule has 2 radical (unpaired) electrons. The SMILES string of the molecule is [B]c1cc2c(NCc3cc(N)cc(C(F)(F)F)c3)nc(C)nc2n(C)c1=O. The summed E-state index contributed by atoms with van der Waals surface area (Å²) in [4.78, 5) is 20.5. The molecular formula is C17H15BF3N5O. The molecular weight excluding hydrogens is 358 g/mol. The fraction of sp³-hybridized carbons (Fsp3) is 0.235. The maximum absolute atomic E-state index is 13.0. The molecule has 1 aromatic carbocycles. The molecule has 3 N–H and O–H groups in total. The highest BCUT2D eigenvalue weighted by Crippen LogP contribution is 2.31. The first-order valence-electron chi connectivity index (χ1n) is 7.90. The smallest absolute Gasteiger partial charge is 0.399 e. The van der Waals surface area contributed by atoms with Crippen molar-refractivity contribution in [3.63, 3.8) is 0 Å². The Hall–Kier alpha value is -3.04. The molecule has 0 fully saturated rings. The van der Waals surface area contributed by atoms with Crippen LogP contribution in [0.25, 0.3) is 11.0 Å². The van der Waals surface area contributed by atoms with E-state index in [4.69, 9.17) is 13.6 Å². The second-order valence-electron chi connectivity index (χ2n) is 6.14. The number of nitrogens with zero attached hydrogens (tertiary/aromatic N) is 3. The van der Waals surface area contributed by atoms with Gasteiger partial charge in [0, 0.05) is 19.3 Å². The molecule has 2 aromatic heterocycles. The molecule has 2 heterocycles. The zero-order valence-corrected chi connectivity index (χ0v) is 14.6. The van der Waals surface area contributed by atoms with Crippen molar-refractivity contribution in [1.29, 1.82) is 0 Å². The Morgan fingerprint density at radius 2 is 1.93 bits per heavy atom. The average molecular weight is 373 g/mol. The third-order valence-electron chi connectivity index (χ3n) is 4.01. The monoisotopic (exact) mass is 373 g/mol. The van der Waals surface area contributed by atoms with Crippen molar-refractivity contribution in [2.75, 3.05) is 11.1 Å². The number of aryl methyl sites for hydroxylation is 2. The third-order valence-corrected chi connectivity index (χ3v) is 4.01. The van der Waals surface area contributed by atoms with E-state index in [0.29, 0.717) is 28.2 Å². The third kappa shape index (κ3) is 3.74. The Balaban J connectivity index is 2.01. The number of nitrogen functional groups attached to an aromatic ring is 1. The zero-order valence-electron chi connectivity index (χ0n) is 14.6. The number of halogens is 3. The largest absolute Gasteiger partial charge is 0.416 e. The van der Waals surface area contributed by atoms with Crippen LogP contribution in [-0.4, -0.2) is 22.4 Å². The van der Waals surface area contributed by atoms with Crippen LogP contribution in [-0.2, 0) is 19.8 Å². The predicted molar refractivity (Wildman–Crippen MR) is 98.1 cm³/mol. The van der Waals surface area contributed by atoms with Crippen LogP contribution < -0.4 is 22.1 Å². The molecule has 0 amide bonds. The Bertz CT molecular complexity index is 1090. The molecule has 0 aliphatic heterocycles. The van der Waals surface area contributed by atoms with E-state index >= 15 is 0 Å². The second kappa shape index (κ2) is 6.60. The van der Waals surface area contributed by atoms with Crippen LogP contribution in [0.4, 0.5) is 24.7 Å². The summed E-state index contributed by atoms with van der Waals surface area (Å²) in [5.41, 5.74) is 5.11. The number of fused-ring (bicyclic) bond motifs is 1. The number of rotatable bonds is 3. The van der Waals surface area contributed by atoms with Crippen LogP contribution in [0.3, 0.4) is 0 Å². The lowest BCUT2D eigenvalue weighted by Crippen LogP contribution is -2.33. The number of hydrogen-bond donors (Lipinski definition) is 2. The number of nitrogens with one attached hydrogen (secondary N) is 1. The van der Waals surface area contributed by atoms with Crippen LogP contribution in [0.15, 0.2) is 29.1 Å². The van der Waals surface area contributed by atoms with Gasteiger partial charge in [-0.2, -0.15) is 13.2 Å². The van der Waals surface area contributed by atoms with Gasteiger partial charge in [0.2, 0.25) is 5.56 Å². The zero-order chi connectivity index (χ0) is 19.9. The number of aromatic nitrogens is 3. The van der Waals surface area contributed by atoms with Crippen molar-refractivity contribution >= 4 is 35.8 Å². The fourth-order valence-corrected chi connectivity index (χ4v) is 2.77. The molecule has 0 bridgehead atoms. The predicted octanol–water partition coefficient (Wildman–Crippen LogP) is 1.64. The first-order chi connectivity index (χ1) is 12.6. The van der Waals surface area contributed by atoms with Gasteiger partial charge in [0.15, 0.2) is 0 Å². The van der Waals surface area contributed by atoms with Crippen molar-refractivity contribution in [3.8, 4) is 0 Å². The molecule has 0 unspecified atom stereocenters. The molecule has 3 rings (SSSR count). The van der Waals surface area contributed by atoms with Gasteiger partial charge < -0.3 is 11.1 Å². The minimum absolute atomic E-state index is 0.0111. The van der Waals surface area contributed by atoms with Crippen molar-refractivity contribution in [2.24, 2.45) is 7.05 Å². The molecule has 0 saturated carbocycles. The van der Waals surface area contributed by atoms with E-state index in [-0.39, 0.29) is 17.7 Å². The molecule has 3 aromatic rings. The van der Waals surface area contributed by atoms with E-state index in [0.717, 1.165) is 12.1 Å². The van der Waals surface area contributed by atoms with Crippen LogP contribution in [0.5, 0.6) is 0 Å². The summed E-state index contributed by atoms with van der Waals surface area (Å²) < 4.78 is 40.2. The number of anilines is 2. The van der Waals surface area contributed by atoms with Gasteiger partial charge in [0.05, 0.1) is 10.9 Å². The maximum atomic E-state index is 13.0. The number of hydrogen-bond acceptors (Lipinski definition) is 5. The minimum atomic E-state index is -4.49. The van der Waals surface area contributed by atoms with Gasteiger partial charge in [-0.15, -0.1) is 0 Å². The lowest BCUT2D eigenvalue weighted by Gasteiger charge is -2.14. The van der Waals surface area contributed by atoms with E-state index in [9.17, 15) is 18.0 Å². The summed E-state index contributed by atoms with van der Waals surface area (Å²) in [5.74, 6) is 0.754. The van der Waals surface area contributed by atoms with E-state index < -0.39 is 17.3 Å². The standard InChI is InChI=1S/C17H15BF3N5O/c1-8-24-14(12-6-13(18)16(27)26(2)15(12)25-8)23-7-9-3-10(17(19,20)21)5-11(22)4-9/h3-6H,7,22H2,1-2H3,(H,23,24,25). The summed E-state index contributed by atoms with van der Waals surface area (Å²) in [6, 6.07) is 4.79. The van der Waals surface area contributed by atoms with E-state index in [1.807, 2.05) is 0 Å². The topological polar surface area (TPSA) is 85.8 Å². The number of pyridine rings is 1. The Kier molecular flexibility index (Phi) is 4.58. The molecule has 0 atom stereocenters. The maximum Gasteiger partial charge on any atom is 0.416 e. The highest BCUT2D eigenvalue weighted by atomic mass is 19.4. The molecule has 0 spiro atoms. The van der Waals surface area contributed by atoms with Gasteiger partial charge in [-0.1, -0.05) is 0 Å². The fourth-order valence-electron chi connectivity index (χ4n) is 2.77. The number of alkyl halides is 3. The summed E-state index contributed by atoms with van der Waals surface area (Å²) in [6.07, 6.45) is -4.49. The van der Waals surface area contributed by atoms with E-state index in [1.54, 1.807) is 6.92 Å². The normalized spacial score (nSPS) is 11.7. The first kappa shape index (κ1) is 18.7. The number of benzene rings is 1. The summed E-state index contributed by atoms with van der Waals surface area (Å²) in [6.45, 7) is 1.69. The van der Waals surface area contributed by atoms with Gasteiger partial charge in [0.1, 0.15) is 25.1 Å².